The number of hydrogen-bond acceptors (Lipinski definition) is 5. The highest BCUT2D eigenvalue weighted by Crippen LogP contribution is 2.24. The second-order valence-corrected chi connectivity index (χ2v) is 11.6. The van der Waals surface area contributed by atoms with Crippen molar-refractivity contribution in [3.8, 4) is 0 Å². The first-order valence-electron chi connectivity index (χ1n) is 15.3. The van der Waals surface area contributed by atoms with Crippen molar-refractivity contribution in [2.45, 2.75) is 70.7 Å². The number of halogens is 2. The number of benzene rings is 3. The van der Waals surface area contributed by atoms with Gasteiger partial charge in [-0.2, -0.15) is 0 Å². The monoisotopic (exact) mass is 607 g/mol. The highest BCUT2D eigenvalue weighted by molar-refractivity contribution is 6.00. The predicted molar refractivity (Wildman–Crippen MR) is 167 cm³/mol. The van der Waals surface area contributed by atoms with E-state index in [4.69, 9.17) is 4.74 Å². The van der Waals surface area contributed by atoms with Crippen molar-refractivity contribution in [2.75, 3.05) is 26.8 Å². The number of methoxy groups -OCH3 is 1. The maximum Gasteiger partial charge on any atom is 0.254 e. The lowest BCUT2D eigenvalue weighted by atomic mass is 9.99. The topological polar surface area (TPSA) is 90.9 Å². The van der Waals surface area contributed by atoms with Crippen LogP contribution < -0.4 is 10.6 Å². The Labute approximate surface area is 258 Å². The molecular formula is C35H43F2N3O4. The number of aliphatic hydroxyl groups excluding tert-OH is 1. The second kappa shape index (κ2) is 15.9. The fourth-order valence-corrected chi connectivity index (χ4v) is 5.84. The van der Waals surface area contributed by atoms with E-state index in [1.807, 2.05) is 24.0 Å². The Kier molecular flexibility index (Phi) is 12.0. The number of carbonyl (C=O) groups is 2. The standard InChI is InChI=1S/C35H43F2N3O4/c1-4-24-7-5-8-25(15-24)21-38-22-33(41)32(18-26-16-29(36)20-30(37)17-26)39-34(42)27-13-23(2)14-28(19-27)35(43)40-11-6-9-31(40)10-12-44-3/h5,7-8,13-17,19-20,31-33,38,41H,4,6,9-12,18,21-22H2,1-3H3,(H,39,42)/t31-,32+,33+/m1/s1. The molecule has 236 valence electrons. The van der Waals surface area contributed by atoms with Crippen LogP contribution in [-0.2, 0) is 24.1 Å². The molecule has 1 heterocycles. The number of amides is 2. The van der Waals surface area contributed by atoms with Gasteiger partial charge in [0.1, 0.15) is 11.6 Å². The summed E-state index contributed by atoms with van der Waals surface area (Å²) in [4.78, 5) is 28.9. The van der Waals surface area contributed by atoms with Crippen molar-refractivity contribution >= 4 is 11.8 Å². The van der Waals surface area contributed by atoms with Gasteiger partial charge >= 0.3 is 0 Å². The van der Waals surface area contributed by atoms with Crippen molar-refractivity contribution in [3.05, 3.63) is 106 Å². The minimum atomic E-state index is -1.07. The zero-order valence-corrected chi connectivity index (χ0v) is 25.7. The van der Waals surface area contributed by atoms with Gasteiger partial charge in [-0.25, -0.2) is 8.78 Å². The van der Waals surface area contributed by atoms with Crippen molar-refractivity contribution < 1.29 is 28.2 Å². The summed E-state index contributed by atoms with van der Waals surface area (Å²) in [5.74, 6) is -2.09. The summed E-state index contributed by atoms with van der Waals surface area (Å²) in [5, 5.41) is 17.3. The van der Waals surface area contributed by atoms with Gasteiger partial charge < -0.3 is 25.4 Å². The molecule has 0 aromatic heterocycles. The summed E-state index contributed by atoms with van der Waals surface area (Å²) in [6, 6.07) is 15.5. The third-order valence-corrected chi connectivity index (χ3v) is 8.12. The molecular weight excluding hydrogens is 564 g/mol. The molecule has 0 radical (unpaired) electrons. The number of likely N-dealkylation sites (tertiary alicyclic amines) is 1. The van der Waals surface area contributed by atoms with Crippen molar-refractivity contribution in [1.29, 1.82) is 0 Å². The number of nitrogens with zero attached hydrogens (tertiary/aromatic N) is 1. The molecule has 3 N–H and O–H groups in total. The molecule has 4 rings (SSSR count). The first-order chi connectivity index (χ1) is 21.2. The van der Waals surface area contributed by atoms with Crippen LogP contribution in [0.25, 0.3) is 0 Å². The second-order valence-electron chi connectivity index (χ2n) is 11.6. The average molecular weight is 608 g/mol. The van der Waals surface area contributed by atoms with Gasteiger partial charge in [0.25, 0.3) is 11.8 Å². The van der Waals surface area contributed by atoms with Gasteiger partial charge in [0.15, 0.2) is 0 Å². The Morgan fingerprint density at radius 1 is 1.02 bits per heavy atom. The predicted octanol–water partition coefficient (Wildman–Crippen LogP) is 4.97. The third kappa shape index (κ3) is 9.17. The summed E-state index contributed by atoms with van der Waals surface area (Å²) in [6.45, 7) is 5.75. The highest BCUT2D eigenvalue weighted by Gasteiger charge is 2.30. The summed E-state index contributed by atoms with van der Waals surface area (Å²) in [5.41, 5.74) is 4.00. The summed E-state index contributed by atoms with van der Waals surface area (Å²) >= 11 is 0. The number of aliphatic hydroxyl groups is 1. The molecule has 1 aliphatic rings. The van der Waals surface area contributed by atoms with Gasteiger partial charge in [0, 0.05) is 56.6 Å². The SMILES string of the molecule is CCc1cccc(CNC[C@H](O)[C@H](Cc2cc(F)cc(F)c2)NC(=O)c2cc(C)cc(C(=O)N3CCC[C@@H]3CCOC)c2)c1. The minimum Gasteiger partial charge on any atom is -0.390 e. The molecule has 0 bridgehead atoms. The molecule has 0 unspecified atom stereocenters. The van der Waals surface area contributed by atoms with E-state index in [-0.39, 0.29) is 30.5 Å². The molecule has 3 aromatic rings. The Morgan fingerprint density at radius 3 is 2.48 bits per heavy atom. The summed E-state index contributed by atoms with van der Waals surface area (Å²) in [6.07, 6.45) is 2.41. The average Bonchev–Trinajstić information content (AvgIpc) is 3.47. The zero-order chi connectivity index (χ0) is 31.6. The molecule has 3 atom stereocenters. The molecule has 0 saturated carbocycles. The van der Waals surface area contributed by atoms with Crippen LogP contribution in [0.15, 0.2) is 60.7 Å². The van der Waals surface area contributed by atoms with E-state index in [1.165, 1.54) is 17.7 Å². The molecule has 0 aliphatic carbocycles. The summed E-state index contributed by atoms with van der Waals surface area (Å²) < 4.78 is 33.2. The number of nitrogens with one attached hydrogen (secondary N) is 2. The molecule has 9 heteroatoms. The normalized spacial score (nSPS) is 16.1. The van der Waals surface area contributed by atoms with Crippen molar-refractivity contribution in [2.24, 2.45) is 0 Å². The lowest BCUT2D eigenvalue weighted by molar-refractivity contribution is 0.0703. The van der Waals surface area contributed by atoms with Gasteiger partial charge in [-0.15, -0.1) is 0 Å². The van der Waals surface area contributed by atoms with Crippen LogP contribution in [0.3, 0.4) is 0 Å². The number of carbonyl (C=O) groups excluding carboxylic acids is 2. The lowest BCUT2D eigenvalue weighted by Crippen LogP contribution is -2.48. The van der Waals surface area contributed by atoms with Gasteiger partial charge in [0.05, 0.1) is 12.1 Å². The van der Waals surface area contributed by atoms with Gasteiger partial charge in [-0.1, -0.05) is 31.2 Å². The van der Waals surface area contributed by atoms with Gasteiger partial charge in [0.2, 0.25) is 0 Å². The Morgan fingerprint density at radius 2 is 1.75 bits per heavy atom. The molecule has 7 nitrogen and oxygen atoms in total. The van der Waals surface area contributed by atoms with E-state index >= 15 is 0 Å². The van der Waals surface area contributed by atoms with Crippen LogP contribution in [0.2, 0.25) is 0 Å². The maximum atomic E-state index is 14.0. The van der Waals surface area contributed by atoms with Crippen LogP contribution in [0.1, 0.15) is 69.2 Å². The molecule has 3 aromatic carbocycles. The van der Waals surface area contributed by atoms with Crippen LogP contribution in [0.5, 0.6) is 0 Å². The third-order valence-electron chi connectivity index (χ3n) is 8.12. The number of hydrogen-bond donors (Lipinski definition) is 3. The molecule has 2 amide bonds. The molecule has 1 saturated heterocycles. The van der Waals surface area contributed by atoms with Crippen LogP contribution in [-0.4, -0.2) is 66.8 Å². The first kappa shape index (κ1) is 33.2. The lowest BCUT2D eigenvalue weighted by Gasteiger charge is -2.26. The maximum absolute atomic E-state index is 14.0. The van der Waals surface area contributed by atoms with Gasteiger partial charge in [-0.05, 0) is 91.6 Å². The van der Waals surface area contributed by atoms with E-state index in [2.05, 4.69) is 29.7 Å². The summed E-state index contributed by atoms with van der Waals surface area (Å²) in [7, 11) is 1.64. The van der Waals surface area contributed by atoms with E-state index in [1.54, 1.807) is 25.3 Å². The van der Waals surface area contributed by atoms with E-state index < -0.39 is 29.7 Å². The fraction of sp³-hybridized carbons (Fsp3) is 0.429. The Bertz CT molecular complexity index is 1410. The highest BCUT2D eigenvalue weighted by atomic mass is 19.1. The van der Waals surface area contributed by atoms with Crippen LogP contribution in [0, 0.1) is 18.6 Å². The van der Waals surface area contributed by atoms with Crippen molar-refractivity contribution in [1.82, 2.24) is 15.5 Å². The Hall–Kier alpha value is -3.66. The van der Waals surface area contributed by atoms with E-state index in [9.17, 15) is 23.5 Å². The quantitative estimate of drug-likeness (QED) is 0.241. The molecule has 1 aliphatic heterocycles. The largest absolute Gasteiger partial charge is 0.390 e. The van der Waals surface area contributed by atoms with Crippen LogP contribution in [0.4, 0.5) is 8.78 Å². The van der Waals surface area contributed by atoms with E-state index in [0.717, 1.165) is 42.9 Å². The molecule has 44 heavy (non-hydrogen) atoms. The zero-order valence-electron chi connectivity index (χ0n) is 25.7. The smallest absolute Gasteiger partial charge is 0.254 e. The fourth-order valence-electron chi connectivity index (χ4n) is 5.84. The number of rotatable bonds is 14. The minimum absolute atomic E-state index is 0.00114. The van der Waals surface area contributed by atoms with Gasteiger partial charge in [-0.3, -0.25) is 9.59 Å². The molecule has 0 spiro atoms. The number of ether oxygens (including phenoxy) is 1. The first-order valence-corrected chi connectivity index (χ1v) is 15.3. The van der Waals surface area contributed by atoms with Crippen LogP contribution >= 0.6 is 0 Å². The Balaban J connectivity index is 1.50. The number of aryl methyl sites for hydroxylation is 2. The molecule has 1 fully saturated rings. The van der Waals surface area contributed by atoms with Crippen molar-refractivity contribution in [3.63, 3.8) is 0 Å². The van der Waals surface area contributed by atoms with E-state index in [0.29, 0.717) is 30.8 Å².